The summed E-state index contributed by atoms with van der Waals surface area (Å²) >= 11 is 0. The molecule has 1 aliphatic heterocycles. The van der Waals surface area contributed by atoms with Gasteiger partial charge in [-0.25, -0.2) is 4.68 Å². The van der Waals surface area contributed by atoms with E-state index in [1.54, 1.807) is 11.7 Å². The third-order valence-electron chi connectivity index (χ3n) is 3.80. The number of aryl methyl sites for hydroxylation is 2. The lowest BCUT2D eigenvalue weighted by Crippen LogP contribution is -2.27. The lowest BCUT2D eigenvalue weighted by Gasteiger charge is -2.19. The number of nitrogens with zero attached hydrogens (tertiary/aromatic N) is 3. The molecule has 0 bridgehead atoms. The van der Waals surface area contributed by atoms with Crippen molar-refractivity contribution >= 4 is 11.5 Å². The Labute approximate surface area is 118 Å². The molecule has 1 aromatic rings. The summed E-state index contributed by atoms with van der Waals surface area (Å²) in [4.78, 5) is 11.0. The van der Waals surface area contributed by atoms with Gasteiger partial charge in [0.1, 0.15) is 5.69 Å². The molecular formula is C13H22N4O3. The summed E-state index contributed by atoms with van der Waals surface area (Å²) in [7, 11) is 1.74. The van der Waals surface area contributed by atoms with Crippen LogP contribution in [0.2, 0.25) is 0 Å². The number of anilines is 1. The van der Waals surface area contributed by atoms with Gasteiger partial charge in [0, 0.05) is 25.6 Å². The summed E-state index contributed by atoms with van der Waals surface area (Å²) < 4.78 is 6.95. The van der Waals surface area contributed by atoms with Crippen LogP contribution in [0.5, 0.6) is 0 Å². The molecule has 20 heavy (non-hydrogen) atoms. The number of hydrogen-bond donors (Lipinski definition) is 1. The Hall–Kier alpha value is -1.63. The van der Waals surface area contributed by atoms with Crippen LogP contribution < -0.4 is 5.32 Å². The van der Waals surface area contributed by atoms with Gasteiger partial charge in [-0.1, -0.05) is 13.3 Å². The molecule has 1 fully saturated rings. The monoisotopic (exact) mass is 282 g/mol. The summed E-state index contributed by atoms with van der Waals surface area (Å²) in [6.07, 6.45) is 2.44. The zero-order valence-corrected chi connectivity index (χ0v) is 12.3. The Kier molecular flexibility index (Phi) is 4.59. The van der Waals surface area contributed by atoms with Crippen LogP contribution in [0.15, 0.2) is 0 Å². The molecular weight excluding hydrogens is 260 g/mol. The van der Waals surface area contributed by atoms with Gasteiger partial charge in [-0.2, -0.15) is 5.10 Å². The third kappa shape index (κ3) is 2.92. The quantitative estimate of drug-likeness (QED) is 0.638. The van der Waals surface area contributed by atoms with Crippen LogP contribution in [0.25, 0.3) is 0 Å². The standard InChI is InChI=1S/C13H22N4O3/c1-4-5-11-12(17(18)19)13(16(3)15-11)14-9(2)10-6-7-20-8-10/h9-10,14H,4-8H2,1-3H3. The van der Waals surface area contributed by atoms with Crippen molar-refractivity contribution in [2.45, 2.75) is 39.2 Å². The first-order valence-electron chi connectivity index (χ1n) is 7.09. The molecule has 0 spiro atoms. The Bertz CT molecular complexity index is 480. The first-order valence-corrected chi connectivity index (χ1v) is 7.09. The second-order valence-corrected chi connectivity index (χ2v) is 5.33. The molecule has 0 aromatic carbocycles. The maximum absolute atomic E-state index is 11.3. The molecule has 1 aliphatic rings. The number of ether oxygens (including phenoxy) is 1. The average molecular weight is 282 g/mol. The first-order chi connectivity index (χ1) is 9.54. The van der Waals surface area contributed by atoms with E-state index >= 15 is 0 Å². The highest BCUT2D eigenvalue weighted by Crippen LogP contribution is 2.31. The van der Waals surface area contributed by atoms with Crippen molar-refractivity contribution in [2.75, 3.05) is 18.5 Å². The van der Waals surface area contributed by atoms with Gasteiger partial charge in [0.25, 0.3) is 0 Å². The van der Waals surface area contributed by atoms with E-state index in [0.717, 1.165) is 19.4 Å². The van der Waals surface area contributed by atoms with Gasteiger partial charge in [-0.05, 0) is 19.8 Å². The number of nitrogens with one attached hydrogen (secondary N) is 1. The zero-order valence-electron chi connectivity index (χ0n) is 12.3. The average Bonchev–Trinajstić information content (AvgIpc) is 2.99. The molecule has 1 aromatic heterocycles. The number of aromatic nitrogens is 2. The molecule has 7 heteroatoms. The van der Waals surface area contributed by atoms with Crippen molar-refractivity contribution in [3.8, 4) is 0 Å². The minimum Gasteiger partial charge on any atom is -0.381 e. The molecule has 0 saturated carbocycles. The number of rotatable bonds is 6. The Morgan fingerprint density at radius 3 is 2.95 bits per heavy atom. The van der Waals surface area contributed by atoms with Gasteiger partial charge in [-0.15, -0.1) is 0 Å². The van der Waals surface area contributed by atoms with E-state index in [4.69, 9.17) is 4.74 Å². The molecule has 2 rings (SSSR count). The summed E-state index contributed by atoms with van der Waals surface area (Å²) in [5.41, 5.74) is 0.664. The molecule has 7 nitrogen and oxygen atoms in total. The molecule has 2 heterocycles. The van der Waals surface area contributed by atoms with Crippen LogP contribution in [0, 0.1) is 16.0 Å². The lowest BCUT2D eigenvalue weighted by atomic mass is 10.0. The Balaban J connectivity index is 2.23. The maximum Gasteiger partial charge on any atom is 0.333 e. The maximum atomic E-state index is 11.3. The van der Waals surface area contributed by atoms with Crippen molar-refractivity contribution in [3.05, 3.63) is 15.8 Å². The van der Waals surface area contributed by atoms with Gasteiger partial charge in [-0.3, -0.25) is 10.1 Å². The van der Waals surface area contributed by atoms with Crippen LogP contribution in [0.4, 0.5) is 11.5 Å². The van der Waals surface area contributed by atoms with Gasteiger partial charge in [0.2, 0.25) is 5.82 Å². The second-order valence-electron chi connectivity index (χ2n) is 5.33. The fraction of sp³-hybridized carbons (Fsp3) is 0.769. The Morgan fingerprint density at radius 2 is 2.40 bits per heavy atom. The van der Waals surface area contributed by atoms with Crippen molar-refractivity contribution in [2.24, 2.45) is 13.0 Å². The lowest BCUT2D eigenvalue weighted by molar-refractivity contribution is -0.384. The van der Waals surface area contributed by atoms with Crippen LogP contribution in [-0.4, -0.2) is 34.0 Å². The van der Waals surface area contributed by atoms with E-state index in [9.17, 15) is 10.1 Å². The van der Waals surface area contributed by atoms with Gasteiger partial charge < -0.3 is 10.1 Å². The first kappa shape index (κ1) is 14.8. The fourth-order valence-corrected chi connectivity index (χ4v) is 2.61. The topological polar surface area (TPSA) is 82.2 Å². The van der Waals surface area contributed by atoms with Crippen LogP contribution in [0.3, 0.4) is 0 Å². The molecule has 0 aliphatic carbocycles. The third-order valence-corrected chi connectivity index (χ3v) is 3.80. The SMILES string of the molecule is CCCc1nn(C)c(NC(C)C2CCOC2)c1[N+](=O)[O-]. The smallest absolute Gasteiger partial charge is 0.333 e. The molecule has 0 amide bonds. The summed E-state index contributed by atoms with van der Waals surface area (Å²) in [6.45, 7) is 5.51. The normalized spacial score (nSPS) is 20.1. The van der Waals surface area contributed by atoms with Crippen LogP contribution >= 0.6 is 0 Å². The van der Waals surface area contributed by atoms with Crippen molar-refractivity contribution < 1.29 is 9.66 Å². The Morgan fingerprint density at radius 1 is 1.65 bits per heavy atom. The van der Waals surface area contributed by atoms with Crippen LogP contribution in [-0.2, 0) is 18.2 Å². The highest BCUT2D eigenvalue weighted by molar-refractivity contribution is 5.60. The molecule has 2 atom stereocenters. The molecule has 1 saturated heterocycles. The zero-order chi connectivity index (χ0) is 14.7. The predicted molar refractivity (Wildman–Crippen MR) is 75.9 cm³/mol. The fourth-order valence-electron chi connectivity index (χ4n) is 2.61. The molecule has 1 N–H and O–H groups in total. The minimum absolute atomic E-state index is 0.111. The van der Waals surface area contributed by atoms with Crippen LogP contribution in [0.1, 0.15) is 32.4 Å². The van der Waals surface area contributed by atoms with E-state index < -0.39 is 0 Å². The second kappa shape index (κ2) is 6.21. The summed E-state index contributed by atoms with van der Waals surface area (Å²) in [6, 6.07) is 0.126. The van der Waals surface area contributed by atoms with E-state index in [1.807, 2.05) is 13.8 Å². The number of nitro groups is 1. The summed E-state index contributed by atoms with van der Waals surface area (Å²) in [5.74, 6) is 0.886. The summed E-state index contributed by atoms with van der Waals surface area (Å²) in [5, 5.41) is 18.9. The van der Waals surface area contributed by atoms with Crippen molar-refractivity contribution in [3.63, 3.8) is 0 Å². The van der Waals surface area contributed by atoms with Crippen molar-refractivity contribution in [1.29, 1.82) is 0 Å². The highest BCUT2D eigenvalue weighted by Gasteiger charge is 2.29. The highest BCUT2D eigenvalue weighted by atomic mass is 16.6. The number of hydrogen-bond acceptors (Lipinski definition) is 5. The van der Waals surface area contributed by atoms with E-state index in [1.165, 1.54) is 0 Å². The largest absolute Gasteiger partial charge is 0.381 e. The minimum atomic E-state index is -0.335. The molecule has 112 valence electrons. The molecule has 2 unspecified atom stereocenters. The molecule has 0 radical (unpaired) electrons. The van der Waals surface area contributed by atoms with Gasteiger partial charge in [0.05, 0.1) is 11.5 Å². The predicted octanol–water partition coefficient (Wildman–Crippen LogP) is 2.12. The van der Waals surface area contributed by atoms with E-state index in [0.29, 0.717) is 30.5 Å². The van der Waals surface area contributed by atoms with Gasteiger partial charge in [0.15, 0.2) is 0 Å². The van der Waals surface area contributed by atoms with Crippen molar-refractivity contribution in [1.82, 2.24) is 9.78 Å². The van der Waals surface area contributed by atoms with E-state index in [2.05, 4.69) is 10.4 Å². The van der Waals surface area contributed by atoms with Gasteiger partial charge >= 0.3 is 5.69 Å². The van der Waals surface area contributed by atoms with E-state index in [-0.39, 0.29) is 16.7 Å².